The van der Waals surface area contributed by atoms with Crippen LogP contribution in [0.3, 0.4) is 0 Å². The SMILES string of the molecule is Cc1cccc(C(Cc2cccc([N+](=O)[O-])c2)C(=O)O)c1. The normalized spacial score (nSPS) is 11.9. The number of nitro groups is 1. The van der Waals surface area contributed by atoms with Gasteiger partial charge in [0.25, 0.3) is 5.69 Å². The van der Waals surface area contributed by atoms with Crippen molar-refractivity contribution >= 4 is 11.7 Å². The Hall–Kier alpha value is -2.69. The highest BCUT2D eigenvalue weighted by molar-refractivity contribution is 5.76. The molecule has 2 rings (SSSR count). The van der Waals surface area contributed by atoms with Crippen molar-refractivity contribution in [1.29, 1.82) is 0 Å². The van der Waals surface area contributed by atoms with Crippen molar-refractivity contribution in [2.75, 3.05) is 0 Å². The number of aliphatic carboxylic acids is 1. The van der Waals surface area contributed by atoms with Gasteiger partial charge in [0.05, 0.1) is 10.8 Å². The van der Waals surface area contributed by atoms with Crippen LogP contribution < -0.4 is 0 Å². The van der Waals surface area contributed by atoms with Gasteiger partial charge in [0.1, 0.15) is 0 Å². The molecule has 1 N–H and O–H groups in total. The standard InChI is InChI=1S/C16H15NO4/c1-11-4-2-6-13(8-11)15(16(18)19)10-12-5-3-7-14(9-12)17(20)21/h2-9,15H,10H2,1H3,(H,18,19). The third-order valence-corrected chi connectivity index (χ3v) is 3.30. The lowest BCUT2D eigenvalue weighted by Gasteiger charge is -2.13. The van der Waals surface area contributed by atoms with Gasteiger partial charge < -0.3 is 5.11 Å². The summed E-state index contributed by atoms with van der Waals surface area (Å²) in [5.74, 6) is -1.65. The predicted molar refractivity (Wildman–Crippen MR) is 78.4 cm³/mol. The average Bonchev–Trinajstić information content (AvgIpc) is 2.44. The van der Waals surface area contributed by atoms with E-state index in [1.54, 1.807) is 18.2 Å². The van der Waals surface area contributed by atoms with E-state index in [2.05, 4.69) is 0 Å². The molecule has 0 heterocycles. The second-order valence-corrected chi connectivity index (χ2v) is 4.94. The van der Waals surface area contributed by atoms with Crippen molar-refractivity contribution in [1.82, 2.24) is 0 Å². The average molecular weight is 285 g/mol. The molecule has 5 nitrogen and oxygen atoms in total. The second kappa shape index (κ2) is 6.17. The summed E-state index contributed by atoms with van der Waals surface area (Å²) < 4.78 is 0. The van der Waals surface area contributed by atoms with Crippen molar-refractivity contribution in [2.45, 2.75) is 19.3 Å². The summed E-state index contributed by atoms with van der Waals surface area (Å²) in [6, 6.07) is 13.4. The smallest absolute Gasteiger partial charge is 0.311 e. The van der Waals surface area contributed by atoms with Crippen LogP contribution in [0, 0.1) is 17.0 Å². The number of hydrogen-bond donors (Lipinski definition) is 1. The molecule has 2 aromatic carbocycles. The number of benzene rings is 2. The topological polar surface area (TPSA) is 80.4 Å². The van der Waals surface area contributed by atoms with Gasteiger partial charge in [0.2, 0.25) is 0 Å². The molecule has 0 aliphatic rings. The molecule has 0 fully saturated rings. The molecule has 0 bridgehead atoms. The van der Waals surface area contributed by atoms with Crippen LogP contribution in [0.25, 0.3) is 0 Å². The summed E-state index contributed by atoms with van der Waals surface area (Å²) >= 11 is 0. The molecule has 0 aromatic heterocycles. The first-order valence-corrected chi connectivity index (χ1v) is 6.50. The number of non-ortho nitro benzene ring substituents is 1. The van der Waals surface area contributed by atoms with E-state index in [-0.39, 0.29) is 12.1 Å². The molecule has 0 spiro atoms. The molecule has 0 amide bonds. The maximum absolute atomic E-state index is 11.5. The van der Waals surface area contributed by atoms with E-state index in [9.17, 15) is 20.0 Å². The molecule has 2 aromatic rings. The third kappa shape index (κ3) is 3.66. The number of carboxylic acids is 1. The van der Waals surface area contributed by atoms with Crippen LogP contribution in [0.5, 0.6) is 0 Å². The Balaban J connectivity index is 2.31. The fraction of sp³-hybridized carbons (Fsp3) is 0.188. The summed E-state index contributed by atoms with van der Waals surface area (Å²) in [7, 11) is 0. The van der Waals surface area contributed by atoms with E-state index in [1.807, 2.05) is 25.1 Å². The molecule has 1 unspecified atom stereocenters. The van der Waals surface area contributed by atoms with Crippen LogP contribution in [0.4, 0.5) is 5.69 Å². The number of carbonyl (C=O) groups is 1. The molecule has 21 heavy (non-hydrogen) atoms. The highest BCUT2D eigenvalue weighted by Gasteiger charge is 2.21. The van der Waals surface area contributed by atoms with E-state index < -0.39 is 16.8 Å². The molecule has 0 radical (unpaired) electrons. The van der Waals surface area contributed by atoms with Gasteiger partial charge in [-0.2, -0.15) is 0 Å². The van der Waals surface area contributed by atoms with Gasteiger partial charge in [0.15, 0.2) is 0 Å². The van der Waals surface area contributed by atoms with Crippen LogP contribution in [0.15, 0.2) is 48.5 Å². The highest BCUT2D eigenvalue weighted by Crippen LogP contribution is 2.24. The first-order chi connectivity index (χ1) is 9.97. The number of carboxylic acid groups (broad SMARTS) is 1. The van der Waals surface area contributed by atoms with Gasteiger partial charge in [0, 0.05) is 12.1 Å². The van der Waals surface area contributed by atoms with Crippen LogP contribution in [-0.2, 0) is 11.2 Å². The minimum absolute atomic E-state index is 0.0270. The summed E-state index contributed by atoms with van der Waals surface area (Å²) in [5.41, 5.74) is 2.30. The Kier molecular flexibility index (Phi) is 4.33. The second-order valence-electron chi connectivity index (χ2n) is 4.94. The monoisotopic (exact) mass is 285 g/mol. The van der Waals surface area contributed by atoms with Gasteiger partial charge in [-0.3, -0.25) is 14.9 Å². The van der Waals surface area contributed by atoms with Crippen molar-refractivity contribution < 1.29 is 14.8 Å². The van der Waals surface area contributed by atoms with Gasteiger partial charge in [-0.15, -0.1) is 0 Å². The van der Waals surface area contributed by atoms with Gasteiger partial charge in [-0.1, -0.05) is 42.0 Å². The van der Waals surface area contributed by atoms with E-state index >= 15 is 0 Å². The zero-order chi connectivity index (χ0) is 15.4. The van der Waals surface area contributed by atoms with Gasteiger partial charge in [-0.25, -0.2) is 0 Å². The third-order valence-electron chi connectivity index (χ3n) is 3.30. The Morgan fingerprint density at radius 2 is 1.95 bits per heavy atom. The highest BCUT2D eigenvalue weighted by atomic mass is 16.6. The number of nitro benzene ring substituents is 1. The largest absolute Gasteiger partial charge is 0.481 e. The lowest BCUT2D eigenvalue weighted by molar-refractivity contribution is -0.384. The minimum atomic E-state index is -0.938. The molecule has 0 aliphatic carbocycles. The maximum atomic E-state index is 11.5. The number of hydrogen-bond acceptors (Lipinski definition) is 3. The lowest BCUT2D eigenvalue weighted by Crippen LogP contribution is -2.14. The van der Waals surface area contributed by atoms with E-state index in [0.717, 1.165) is 5.56 Å². The van der Waals surface area contributed by atoms with Crippen molar-refractivity contribution in [3.8, 4) is 0 Å². The molecule has 0 aliphatic heterocycles. The number of rotatable bonds is 5. The lowest BCUT2D eigenvalue weighted by atomic mass is 9.91. The zero-order valence-corrected chi connectivity index (χ0v) is 11.5. The Labute approximate surface area is 122 Å². The zero-order valence-electron chi connectivity index (χ0n) is 11.5. The predicted octanol–water partition coefficient (Wildman–Crippen LogP) is 3.31. The molecule has 0 saturated carbocycles. The van der Waals surface area contributed by atoms with E-state index in [0.29, 0.717) is 11.1 Å². The Bertz CT molecular complexity index is 681. The van der Waals surface area contributed by atoms with Gasteiger partial charge in [-0.05, 0) is 24.5 Å². The Morgan fingerprint density at radius 1 is 1.24 bits per heavy atom. The molecule has 1 atom stereocenters. The Morgan fingerprint density at radius 3 is 2.57 bits per heavy atom. The van der Waals surface area contributed by atoms with E-state index in [4.69, 9.17) is 0 Å². The summed E-state index contributed by atoms with van der Waals surface area (Å²) in [4.78, 5) is 21.8. The first-order valence-electron chi connectivity index (χ1n) is 6.50. The fourth-order valence-corrected chi connectivity index (χ4v) is 2.27. The van der Waals surface area contributed by atoms with E-state index in [1.165, 1.54) is 12.1 Å². The number of aryl methyl sites for hydroxylation is 1. The minimum Gasteiger partial charge on any atom is -0.481 e. The van der Waals surface area contributed by atoms with Crippen LogP contribution in [-0.4, -0.2) is 16.0 Å². The van der Waals surface area contributed by atoms with Crippen molar-refractivity contribution in [3.63, 3.8) is 0 Å². The quantitative estimate of drug-likeness (QED) is 0.675. The maximum Gasteiger partial charge on any atom is 0.311 e. The van der Waals surface area contributed by atoms with Crippen LogP contribution >= 0.6 is 0 Å². The molecule has 5 heteroatoms. The summed E-state index contributed by atoms with van der Waals surface area (Å²) in [6.07, 6.45) is 0.223. The van der Waals surface area contributed by atoms with Gasteiger partial charge >= 0.3 is 5.97 Å². The first kappa shape index (κ1) is 14.7. The van der Waals surface area contributed by atoms with Crippen molar-refractivity contribution in [3.05, 3.63) is 75.3 Å². The molecule has 0 saturated heterocycles. The fourth-order valence-electron chi connectivity index (χ4n) is 2.27. The molecular formula is C16H15NO4. The molecule has 108 valence electrons. The number of nitrogens with zero attached hydrogens (tertiary/aromatic N) is 1. The van der Waals surface area contributed by atoms with Crippen molar-refractivity contribution in [2.24, 2.45) is 0 Å². The summed E-state index contributed by atoms with van der Waals surface area (Å²) in [5, 5.41) is 20.2. The summed E-state index contributed by atoms with van der Waals surface area (Å²) in [6.45, 7) is 1.90. The van der Waals surface area contributed by atoms with Crippen LogP contribution in [0.2, 0.25) is 0 Å². The van der Waals surface area contributed by atoms with Crippen LogP contribution in [0.1, 0.15) is 22.6 Å². The molecular weight excluding hydrogens is 270 g/mol.